The van der Waals surface area contributed by atoms with Crippen LogP contribution >= 0.6 is 11.8 Å². The Hall–Kier alpha value is -2.02. The Balaban J connectivity index is 1.82. The summed E-state index contributed by atoms with van der Waals surface area (Å²) in [6.07, 6.45) is -1.06. The molecule has 1 atom stereocenters. The van der Waals surface area contributed by atoms with Crippen LogP contribution in [0.3, 0.4) is 0 Å². The number of halogens is 3. The molecule has 3 nitrogen and oxygen atoms in total. The van der Waals surface area contributed by atoms with Gasteiger partial charge in [0.2, 0.25) is 5.91 Å². The molecule has 0 spiro atoms. The number of hydrogen-bond donors (Lipinski definition) is 0. The molecule has 1 aromatic carbocycles. The minimum absolute atomic E-state index is 0.0169. The smallest absolute Gasteiger partial charge is 0.322 e. The van der Waals surface area contributed by atoms with Crippen molar-refractivity contribution in [2.45, 2.75) is 18.1 Å². The van der Waals surface area contributed by atoms with Crippen LogP contribution in [0.15, 0.2) is 48.8 Å². The van der Waals surface area contributed by atoms with Crippen molar-refractivity contribution in [1.82, 2.24) is 9.88 Å². The van der Waals surface area contributed by atoms with E-state index in [-0.39, 0.29) is 11.3 Å². The van der Waals surface area contributed by atoms with Gasteiger partial charge in [0.25, 0.3) is 0 Å². The number of alkyl halides is 3. The molecular formula is C16H13F3N2OS. The third-order valence-electron chi connectivity index (χ3n) is 3.59. The van der Waals surface area contributed by atoms with E-state index in [9.17, 15) is 18.0 Å². The maximum atomic E-state index is 12.6. The molecule has 0 N–H and O–H groups in total. The Kier molecular flexibility index (Phi) is 4.30. The van der Waals surface area contributed by atoms with E-state index >= 15 is 0 Å². The van der Waals surface area contributed by atoms with Crippen molar-refractivity contribution in [1.29, 1.82) is 0 Å². The van der Waals surface area contributed by atoms with E-state index in [2.05, 4.69) is 4.98 Å². The van der Waals surface area contributed by atoms with E-state index in [1.165, 1.54) is 23.9 Å². The van der Waals surface area contributed by atoms with Crippen molar-refractivity contribution >= 4 is 17.7 Å². The summed E-state index contributed by atoms with van der Waals surface area (Å²) in [7, 11) is 0. The molecule has 0 saturated carbocycles. The summed E-state index contributed by atoms with van der Waals surface area (Å²) >= 11 is 1.42. The Bertz CT molecular complexity index is 689. The number of nitrogens with zero attached hydrogens (tertiary/aromatic N) is 2. The molecule has 3 rings (SSSR count). The molecule has 0 radical (unpaired) electrons. The summed E-state index contributed by atoms with van der Waals surface area (Å²) < 4.78 is 37.9. The quantitative estimate of drug-likeness (QED) is 0.852. The maximum Gasteiger partial charge on any atom is 0.416 e. The molecule has 2 heterocycles. The number of amides is 1. The summed E-state index contributed by atoms with van der Waals surface area (Å²) in [5.41, 5.74) is 0.951. The maximum absolute atomic E-state index is 12.6. The molecule has 0 bridgehead atoms. The predicted molar refractivity (Wildman–Crippen MR) is 81.4 cm³/mol. The lowest BCUT2D eigenvalue weighted by molar-refractivity contribution is -0.137. The molecule has 1 unspecified atom stereocenters. The van der Waals surface area contributed by atoms with Crippen LogP contribution in [0, 0.1) is 0 Å². The molecule has 7 heteroatoms. The molecule has 23 heavy (non-hydrogen) atoms. The van der Waals surface area contributed by atoms with Crippen LogP contribution in [-0.2, 0) is 17.5 Å². The van der Waals surface area contributed by atoms with E-state index < -0.39 is 11.7 Å². The number of carbonyl (C=O) groups excluding carboxylic acids is 1. The lowest BCUT2D eigenvalue weighted by Crippen LogP contribution is -2.27. The fourth-order valence-electron chi connectivity index (χ4n) is 2.42. The number of aromatic nitrogens is 1. The summed E-state index contributed by atoms with van der Waals surface area (Å²) in [4.78, 5) is 17.7. The molecule has 0 aliphatic carbocycles. The summed E-state index contributed by atoms with van der Waals surface area (Å²) in [5.74, 6) is 0.313. The summed E-state index contributed by atoms with van der Waals surface area (Å²) in [6, 6.07) is 8.64. The van der Waals surface area contributed by atoms with Gasteiger partial charge < -0.3 is 4.90 Å². The lowest BCUT2D eigenvalue weighted by atomic mass is 10.1. The second-order valence-corrected chi connectivity index (χ2v) is 6.23. The van der Waals surface area contributed by atoms with Crippen LogP contribution in [0.5, 0.6) is 0 Å². The zero-order chi connectivity index (χ0) is 16.4. The molecule has 1 saturated heterocycles. The first-order valence-electron chi connectivity index (χ1n) is 6.92. The fourth-order valence-corrected chi connectivity index (χ4v) is 3.61. The average Bonchev–Trinajstić information content (AvgIpc) is 2.89. The van der Waals surface area contributed by atoms with E-state index in [0.29, 0.717) is 17.9 Å². The minimum Gasteiger partial charge on any atom is -0.322 e. The first-order chi connectivity index (χ1) is 10.9. The van der Waals surface area contributed by atoms with Gasteiger partial charge in [-0.05, 0) is 35.4 Å². The van der Waals surface area contributed by atoms with Gasteiger partial charge in [-0.2, -0.15) is 13.2 Å². The monoisotopic (exact) mass is 338 g/mol. The topological polar surface area (TPSA) is 33.2 Å². The van der Waals surface area contributed by atoms with Crippen molar-refractivity contribution in [3.8, 4) is 0 Å². The highest BCUT2D eigenvalue weighted by Gasteiger charge is 2.34. The molecule has 1 aliphatic heterocycles. The van der Waals surface area contributed by atoms with Crippen molar-refractivity contribution in [2.24, 2.45) is 0 Å². The Labute approximate surface area is 135 Å². The van der Waals surface area contributed by atoms with Crippen LogP contribution < -0.4 is 0 Å². The van der Waals surface area contributed by atoms with Gasteiger partial charge in [0.05, 0.1) is 11.3 Å². The SMILES string of the molecule is O=C1CSC(c2ccc(C(F)(F)F)cc2)N1Cc1ccncc1. The first-order valence-corrected chi connectivity index (χ1v) is 7.97. The van der Waals surface area contributed by atoms with E-state index in [4.69, 9.17) is 0 Å². The zero-order valence-corrected chi connectivity index (χ0v) is 12.8. The molecule has 2 aromatic rings. The molecular weight excluding hydrogens is 325 g/mol. The van der Waals surface area contributed by atoms with Gasteiger partial charge >= 0.3 is 6.18 Å². The van der Waals surface area contributed by atoms with Gasteiger partial charge in [0.1, 0.15) is 5.37 Å². The number of thioether (sulfide) groups is 1. The van der Waals surface area contributed by atoms with Crippen molar-refractivity contribution in [3.63, 3.8) is 0 Å². The first kappa shape index (κ1) is 15.9. The molecule has 1 aliphatic rings. The van der Waals surface area contributed by atoms with Crippen LogP contribution in [0.2, 0.25) is 0 Å². The minimum atomic E-state index is -4.35. The van der Waals surface area contributed by atoms with Crippen molar-refractivity contribution < 1.29 is 18.0 Å². The van der Waals surface area contributed by atoms with Gasteiger partial charge in [-0.1, -0.05) is 12.1 Å². The highest BCUT2D eigenvalue weighted by atomic mass is 32.2. The van der Waals surface area contributed by atoms with Crippen LogP contribution in [0.25, 0.3) is 0 Å². The van der Waals surface area contributed by atoms with E-state index in [1.807, 2.05) is 12.1 Å². The number of pyridine rings is 1. The van der Waals surface area contributed by atoms with Crippen molar-refractivity contribution in [2.75, 3.05) is 5.75 Å². The van der Waals surface area contributed by atoms with Gasteiger partial charge in [-0.25, -0.2) is 0 Å². The molecule has 1 fully saturated rings. The Morgan fingerprint density at radius 2 is 1.78 bits per heavy atom. The predicted octanol–water partition coefficient (Wildman–Crippen LogP) is 3.87. The number of rotatable bonds is 3. The van der Waals surface area contributed by atoms with Gasteiger partial charge in [-0.3, -0.25) is 9.78 Å². The molecule has 120 valence electrons. The van der Waals surface area contributed by atoms with E-state index in [0.717, 1.165) is 17.7 Å². The third-order valence-corrected chi connectivity index (χ3v) is 4.85. The largest absolute Gasteiger partial charge is 0.416 e. The van der Waals surface area contributed by atoms with Gasteiger partial charge in [0, 0.05) is 18.9 Å². The third kappa shape index (κ3) is 3.50. The second-order valence-electron chi connectivity index (χ2n) is 5.16. The summed E-state index contributed by atoms with van der Waals surface area (Å²) in [5, 5.41) is -0.266. The van der Waals surface area contributed by atoms with Crippen LogP contribution in [-0.4, -0.2) is 21.5 Å². The molecule has 1 aromatic heterocycles. The average molecular weight is 338 g/mol. The van der Waals surface area contributed by atoms with Crippen LogP contribution in [0.4, 0.5) is 13.2 Å². The number of carbonyl (C=O) groups is 1. The lowest BCUT2D eigenvalue weighted by Gasteiger charge is -2.24. The number of benzene rings is 1. The van der Waals surface area contributed by atoms with Gasteiger partial charge in [0.15, 0.2) is 0 Å². The number of hydrogen-bond acceptors (Lipinski definition) is 3. The Morgan fingerprint density at radius 1 is 1.13 bits per heavy atom. The highest BCUT2D eigenvalue weighted by molar-refractivity contribution is 8.00. The normalized spacial score (nSPS) is 18.5. The molecule has 1 amide bonds. The fraction of sp³-hybridized carbons (Fsp3) is 0.250. The van der Waals surface area contributed by atoms with Crippen LogP contribution in [0.1, 0.15) is 22.1 Å². The zero-order valence-electron chi connectivity index (χ0n) is 12.0. The van der Waals surface area contributed by atoms with Gasteiger partial charge in [-0.15, -0.1) is 11.8 Å². The Morgan fingerprint density at radius 3 is 2.39 bits per heavy atom. The van der Waals surface area contributed by atoms with E-state index in [1.54, 1.807) is 17.3 Å². The second kappa shape index (κ2) is 6.23. The summed E-state index contributed by atoms with van der Waals surface area (Å²) in [6.45, 7) is 0.417. The highest BCUT2D eigenvalue weighted by Crippen LogP contribution is 2.40. The standard InChI is InChI=1S/C16H13F3N2OS/c17-16(18,19)13-3-1-12(2-4-13)15-21(14(22)10-23-15)9-11-5-7-20-8-6-11/h1-8,15H,9-10H2. The van der Waals surface area contributed by atoms with Crippen molar-refractivity contribution in [3.05, 3.63) is 65.5 Å².